The topological polar surface area (TPSA) is 61.8 Å². The summed E-state index contributed by atoms with van der Waals surface area (Å²) in [6.45, 7) is 25.3. The number of rotatable bonds is 13. The van der Waals surface area contributed by atoms with Gasteiger partial charge in [-0.15, -0.1) is 0 Å². The molecule has 0 aromatic heterocycles. The number of ether oxygens (including phenoxy) is 2. The SMILES string of the molecule is C=C(C)C(=O)OCCC[Si](C)(C)O[Si](C)(C)[Si](C)(C)CCCOC(=O)C(=C)C. The summed E-state index contributed by atoms with van der Waals surface area (Å²) in [7, 11) is -5.27. The smallest absolute Gasteiger partial charge is 0.333 e. The van der Waals surface area contributed by atoms with Gasteiger partial charge in [-0.05, 0) is 58.9 Å². The predicted octanol–water partition coefficient (Wildman–Crippen LogP) is 5.22. The Morgan fingerprint density at radius 2 is 1.14 bits per heavy atom. The van der Waals surface area contributed by atoms with Crippen molar-refractivity contribution in [3.8, 4) is 0 Å². The van der Waals surface area contributed by atoms with Gasteiger partial charge in [-0.2, -0.15) is 0 Å². The van der Waals surface area contributed by atoms with Gasteiger partial charge in [0.25, 0.3) is 0 Å². The first-order valence-electron chi connectivity index (χ1n) is 9.97. The lowest BCUT2D eigenvalue weighted by Crippen LogP contribution is -2.61. The molecule has 0 N–H and O–H groups in total. The Morgan fingerprint density at radius 3 is 1.54 bits per heavy atom. The highest BCUT2D eigenvalue weighted by Gasteiger charge is 2.45. The lowest BCUT2D eigenvalue weighted by molar-refractivity contribution is -0.139. The fraction of sp³-hybridized carbons (Fsp3) is 0.700. The van der Waals surface area contributed by atoms with Crippen molar-refractivity contribution in [3.05, 3.63) is 24.3 Å². The summed E-state index contributed by atoms with van der Waals surface area (Å²) in [6.07, 6.45) is 1.69. The molecule has 0 aliphatic carbocycles. The van der Waals surface area contributed by atoms with Crippen LogP contribution in [-0.4, -0.2) is 48.9 Å². The standard InChI is InChI=1S/C20H40O5Si3/c1-17(2)19(21)23-13-11-15-26(5,6)25-28(9,10)27(7,8)16-12-14-24-20(22)18(3)4/h1,3,11-16H2,2,4-10H3. The molecule has 0 atom stereocenters. The zero-order valence-corrected chi connectivity index (χ0v) is 22.2. The van der Waals surface area contributed by atoms with E-state index in [9.17, 15) is 9.59 Å². The van der Waals surface area contributed by atoms with Crippen molar-refractivity contribution in [2.75, 3.05) is 13.2 Å². The van der Waals surface area contributed by atoms with Crippen LogP contribution < -0.4 is 0 Å². The van der Waals surface area contributed by atoms with Gasteiger partial charge in [-0.1, -0.05) is 32.3 Å². The van der Waals surface area contributed by atoms with Crippen molar-refractivity contribution in [1.29, 1.82) is 0 Å². The third-order valence-electron chi connectivity index (χ3n) is 5.19. The molecule has 0 fully saturated rings. The number of esters is 2. The van der Waals surface area contributed by atoms with Crippen LogP contribution in [0.2, 0.25) is 51.4 Å². The maximum absolute atomic E-state index is 11.5. The van der Waals surface area contributed by atoms with Crippen molar-refractivity contribution >= 4 is 35.7 Å². The molecule has 0 radical (unpaired) electrons. The van der Waals surface area contributed by atoms with Crippen molar-refractivity contribution in [3.63, 3.8) is 0 Å². The van der Waals surface area contributed by atoms with Crippen LogP contribution >= 0.6 is 0 Å². The van der Waals surface area contributed by atoms with Crippen molar-refractivity contribution in [1.82, 2.24) is 0 Å². The van der Waals surface area contributed by atoms with Crippen LogP contribution in [0.1, 0.15) is 26.7 Å². The Morgan fingerprint density at radius 1 is 0.750 bits per heavy atom. The molecule has 0 aliphatic heterocycles. The number of hydrogen-bond donors (Lipinski definition) is 0. The first-order chi connectivity index (χ1) is 12.6. The van der Waals surface area contributed by atoms with E-state index in [0.717, 1.165) is 24.9 Å². The van der Waals surface area contributed by atoms with Gasteiger partial charge in [0.05, 0.1) is 20.8 Å². The summed E-state index contributed by atoms with van der Waals surface area (Å²) in [6, 6.07) is 2.05. The van der Waals surface area contributed by atoms with Crippen LogP contribution in [0.25, 0.3) is 0 Å². The highest BCUT2D eigenvalue weighted by atomic mass is 29.3. The molecule has 162 valence electrons. The number of carbonyl (C=O) groups is 2. The molecular weight excluding hydrogens is 404 g/mol. The third-order valence-corrected chi connectivity index (χ3v) is 27.3. The fourth-order valence-electron chi connectivity index (χ4n) is 2.77. The Kier molecular flexibility index (Phi) is 10.9. The van der Waals surface area contributed by atoms with Crippen LogP contribution in [0.15, 0.2) is 24.3 Å². The minimum absolute atomic E-state index is 0.312. The van der Waals surface area contributed by atoms with E-state index in [0.29, 0.717) is 24.4 Å². The molecule has 0 rings (SSSR count). The van der Waals surface area contributed by atoms with E-state index in [1.165, 1.54) is 0 Å². The molecular formula is C20H40O5Si3. The number of carbonyl (C=O) groups excluding carboxylic acids is 2. The molecule has 0 heterocycles. The molecule has 0 aromatic rings. The minimum atomic E-state index is -1.84. The zero-order valence-electron chi connectivity index (χ0n) is 19.2. The second kappa shape index (κ2) is 11.3. The second-order valence-electron chi connectivity index (χ2n) is 9.30. The van der Waals surface area contributed by atoms with E-state index in [2.05, 4.69) is 52.4 Å². The second-order valence-corrected chi connectivity index (χ2v) is 29.1. The van der Waals surface area contributed by atoms with E-state index >= 15 is 0 Å². The zero-order chi connectivity index (χ0) is 22.2. The minimum Gasteiger partial charge on any atom is -0.462 e. The van der Waals surface area contributed by atoms with E-state index in [1.54, 1.807) is 13.8 Å². The van der Waals surface area contributed by atoms with Crippen LogP contribution in [0.5, 0.6) is 0 Å². The van der Waals surface area contributed by atoms with E-state index in [1.807, 2.05) is 0 Å². The lowest BCUT2D eigenvalue weighted by Gasteiger charge is -2.43. The first-order valence-corrected chi connectivity index (χ1v) is 20.2. The van der Waals surface area contributed by atoms with E-state index in [-0.39, 0.29) is 11.9 Å². The Bertz CT molecular complexity index is 582. The van der Waals surface area contributed by atoms with E-state index in [4.69, 9.17) is 13.6 Å². The predicted molar refractivity (Wildman–Crippen MR) is 124 cm³/mol. The van der Waals surface area contributed by atoms with Gasteiger partial charge in [0.1, 0.15) is 0 Å². The van der Waals surface area contributed by atoms with Crippen molar-refractivity contribution in [2.24, 2.45) is 0 Å². The van der Waals surface area contributed by atoms with Crippen molar-refractivity contribution < 1.29 is 23.2 Å². The van der Waals surface area contributed by atoms with Gasteiger partial charge in [-0.3, -0.25) is 0 Å². The summed E-state index contributed by atoms with van der Waals surface area (Å²) < 4.78 is 17.3. The van der Waals surface area contributed by atoms with Crippen LogP contribution in [0.3, 0.4) is 0 Å². The van der Waals surface area contributed by atoms with Crippen LogP contribution in [-0.2, 0) is 23.2 Å². The molecule has 0 bridgehead atoms. The Balaban J connectivity index is 4.53. The first kappa shape index (κ1) is 27.0. The molecule has 5 nitrogen and oxygen atoms in total. The molecule has 0 unspecified atom stereocenters. The highest BCUT2D eigenvalue weighted by Crippen LogP contribution is 2.30. The molecule has 0 saturated heterocycles. The third kappa shape index (κ3) is 9.99. The largest absolute Gasteiger partial charge is 0.462 e. The van der Waals surface area contributed by atoms with Gasteiger partial charge >= 0.3 is 11.9 Å². The summed E-state index contributed by atoms with van der Waals surface area (Å²) in [5.74, 6) is -0.635. The van der Waals surface area contributed by atoms with Crippen LogP contribution in [0, 0.1) is 0 Å². The maximum atomic E-state index is 11.5. The number of hydrogen-bond acceptors (Lipinski definition) is 5. The fourth-order valence-corrected chi connectivity index (χ4v) is 19.7. The van der Waals surface area contributed by atoms with Gasteiger partial charge in [0.2, 0.25) is 0 Å². The molecule has 8 heteroatoms. The average molecular weight is 445 g/mol. The Hall–Kier alpha value is -0.969. The average Bonchev–Trinajstić information content (AvgIpc) is 2.53. The Labute approximate surface area is 174 Å². The molecule has 0 aromatic carbocycles. The van der Waals surface area contributed by atoms with Gasteiger partial charge in [0, 0.05) is 11.1 Å². The quantitative estimate of drug-likeness (QED) is 0.169. The molecule has 0 saturated carbocycles. The summed E-state index contributed by atoms with van der Waals surface area (Å²) in [5.41, 5.74) is 0.874. The molecule has 0 aliphatic rings. The summed E-state index contributed by atoms with van der Waals surface area (Å²) in [4.78, 5) is 23.0. The lowest BCUT2D eigenvalue weighted by atomic mass is 10.4. The monoisotopic (exact) mass is 444 g/mol. The molecule has 28 heavy (non-hydrogen) atoms. The van der Waals surface area contributed by atoms with Gasteiger partial charge in [0.15, 0.2) is 16.2 Å². The molecule has 0 amide bonds. The van der Waals surface area contributed by atoms with Gasteiger partial charge < -0.3 is 13.6 Å². The van der Waals surface area contributed by atoms with Gasteiger partial charge in [-0.25, -0.2) is 9.59 Å². The normalized spacial score (nSPS) is 12.4. The van der Waals surface area contributed by atoms with Crippen LogP contribution in [0.4, 0.5) is 0 Å². The van der Waals surface area contributed by atoms with E-state index < -0.39 is 23.7 Å². The summed E-state index contributed by atoms with van der Waals surface area (Å²) in [5, 5.41) is 0. The highest BCUT2D eigenvalue weighted by molar-refractivity contribution is 7.39. The van der Waals surface area contributed by atoms with Crippen molar-refractivity contribution in [2.45, 2.75) is 78.1 Å². The maximum Gasteiger partial charge on any atom is 0.333 e. The molecule has 0 spiro atoms. The summed E-state index contributed by atoms with van der Waals surface area (Å²) >= 11 is 0.